The van der Waals surface area contributed by atoms with Crippen LogP contribution in [0.5, 0.6) is 0 Å². The van der Waals surface area contributed by atoms with Crippen molar-refractivity contribution in [3.63, 3.8) is 0 Å². The van der Waals surface area contributed by atoms with E-state index in [0.29, 0.717) is 10.9 Å². The molecular weight excluding hydrogens is 188 g/mol. The topological polar surface area (TPSA) is 54.7 Å². The fourth-order valence-corrected chi connectivity index (χ4v) is 1.34. The molecule has 0 atom stereocenters. The van der Waals surface area contributed by atoms with E-state index in [1.807, 2.05) is 0 Å². The third-order valence-electron chi connectivity index (χ3n) is 2.08. The number of alkyl halides is 2. The number of para-hydroxylation sites is 1. The average molecular weight is 197 g/mol. The van der Waals surface area contributed by atoms with Gasteiger partial charge in [0.05, 0.1) is 12.1 Å². The zero-order valence-corrected chi connectivity index (χ0v) is 7.30. The molecule has 1 aromatic carbocycles. The molecule has 1 aromatic heterocycles. The van der Waals surface area contributed by atoms with Gasteiger partial charge in [-0.25, -0.2) is 0 Å². The maximum atomic E-state index is 13.3. The highest BCUT2D eigenvalue weighted by Crippen LogP contribution is 2.30. The van der Waals surface area contributed by atoms with Gasteiger partial charge in [0.2, 0.25) is 0 Å². The molecule has 0 saturated carbocycles. The van der Waals surface area contributed by atoms with Crippen molar-refractivity contribution < 1.29 is 8.78 Å². The number of halogens is 2. The zero-order valence-electron chi connectivity index (χ0n) is 7.30. The Morgan fingerprint density at radius 3 is 2.79 bits per heavy atom. The first-order valence-electron chi connectivity index (χ1n) is 4.16. The number of nitrogens with one attached hydrogen (secondary N) is 1. The third kappa shape index (κ3) is 1.26. The van der Waals surface area contributed by atoms with Gasteiger partial charge in [0, 0.05) is 5.39 Å². The Hall–Kier alpha value is -1.49. The predicted octanol–water partition coefficient (Wildman–Crippen LogP) is 1.61. The van der Waals surface area contributed by atoms with Crippen LogP contribution in [-0.4, -0.2) is 16.7 Å². The minimum atomic E-state index is -3.05. The van der Waals surface area contributed by atoms with Crippen LogP contribution >= 0.6 is 0 Å². The Balaban J connectivity index is 2.64. The average Bonchev–Trinajstić information content (AvgIpc) is 2.61. The van der Waals surface area contributed by atoms with Crippen LogP contribution in [0.25, 0.3) is 10.9 Å². The summed E-state index contributed by atoms with van der Waals surface area (Å²) in [7, 11) is 0. The molecular formula is C9H9F2N3. The summed E-state index contributed by atoms with van der Waals surface area (Å²) >= 11 is 0. The fourth-order valence-electron chi connectivity index (χ4n) is 1.34. The molecule has 0 aliphatic heterocycles. The summed E-state index contributed by atoms with van der Waals surface area (Å²) in [6, 6.07) is 6.70. The van der Waals surface area contributed by atoms with Crippen LogP contribution in [0.2, 0.25) is 0 Å². The molecule has 1 heterocycles. The van der Waals surface area contributed by atoms with E-state index in [-0.39, 0.29) is 5.69 Å². The standard InChI is InChI=1S/C9H9F2N3/c10-9(11,5-12)8-6-3-1-2-4-7(6)13-14-8/h1-4H,5,12H2,(H,13,14). The normalized spacial score (nSPS) is 12.2. The maximum absolute atomic E-state index is 13.3. The van der Waals surface area contributed by atoms with Gasteiger partial charge in [0.15, 0.2) is 0 Å². The lowest BCUT2D eigenvalue weighted by molar-refractivity contribution is 0.00284. The highest BCUT2D eigenvalue weighted by molar-refractivity contribution is 5.81. The molecule has 2 rings (SSSR count). The van der Waals surface area contributed by atoms with E-state index < -0.39 is 12.5 Å². The van der Waals surface area contributed by atoms with Crippen LogP contribution in [0, 0.1) is 0 Å². The summed E-state index contributed by atoms with van der Waals surface area (Å²) in [4.78, 5) is 0. The number of rotatable bonds is 2. The van der Waals surface area contributed by atoms with Crippen LogP contribution in [0.15, 0.2) is 24.3 Å². The first-order chi connectivity index (χ1) is 6.65. The molecule has 0 unspecified atom stereocenters. The van der Waals surface area contributed by atoms with Crippen LogP contribution in [0.3, 0.4) is 0 Å². The molecule has 3 nitrogen and oxygen atoms in total. The number of nitrogens with zero attached hydrogens (tertiary/aromatic N) is 1. The number of benzene rings is 1. The SMILES string of the molecule is NCC(F)(F)c1[nH]nc2ccccc12. The van der Waals surface area contributed by atoms with Crippen molar-refractivity contribution in [2.75, 3.05) is 6.54 Å². The largest absolute Gasteiger partial charge is 0.325 e. The van der Waals surface area contributed by atoms with Gasteiger partial charge in [0.25, 0.3) is 0 Å². The van der Waals surface area contributed by atoms with Crippen LogP contribution in [-0.2, 0) is 5.92 Å². The lowest BCUT2D eigenvalue weighted by Crippen LogP contribution is -2.25. The van der Waals surface area contributed by atoms with Crippen molar-refractivity contribution in [3.05, 3.63) is 30.0 Å². The van der Waals surface area contributed by atoms with Gasteiger partial charge in [-0.2, -0.15) is 13.9 Å². The van der Waals surface area contributed by atoms with E-state index in [9.17, 15) is 8.78 Å². The summed E-state index contributed by atoms with van der Waals surface area (Å²) in [5.41, 5.74) is 5.30. The molecule has 0 spiro atoms. The Morgan fingerprint density at radius 2 is 2.07 bits per heavy atom. The molecule has 0 aliphatic rings. The number of nitrogens with two attached hydrogens (primary N) is 1. The minimum absolute atomic E-state index is 0.212. The smallest absolute Gasteiger partial charge is 0.301 e. The third-order valence-corrected chi connectivity index (χ3v) is 2.08. The number of H-pyrrole nitrogens is 1. The van der Waals surface area contributed by atoms with Gasteiger partial charge < -0.3 is 5.73 Å². The van der Waals surface area contributed by atoms with E-state index in [4.69, 9.17) is 5.73 Å². The van der Waals surface area contributed by atoms with Crippen molar-refractivity contribution >= 4 is 10.9 Å². The predicted molar refractivity (Wildman–Crippen MR) is 49.0 cm³/mol. The molecule has 0 radical (unpaired) electrons. The van der Waals surface area contributed by atoms with Crippen molar-refractivity contribution in [2.24, 2.45) is 5.73 Å². The van der Waals surface area contributed by atoms with Gasteiger partial charge in [-0.1, -0.05) is 18.2 Å². The van der Waals surface area contributed by atoms with E-state index in [0.717, 1.165) is 0 Å². The van der Waals surface area contributed by atoms with Gasteiger partial charge in [-0.05, 0) is 6.07 Å². The van der Waals surface area contributed by atoms with Crippen molar-refractivity contribution in [1.29, 1.82) is 0 Å². The van der Waals surface area contributed by atoms with Crippen LogP contribution in [0.1, 0.15) is 5.69 Å². The number of aromatic amines is 1. The number of hydrogen-bond acceptors (Lipinski definition) is 2. The second kappa shape index (κ2) is 3.02. The van der Waals surface area contributed by atoms with Crippen molar-refractivity contribution in [2.45, 2.75) is 5.92 Å². The molecule has 74 valence electrons. The summed E-state index contributed by atoms with van der Waals surface area (Å²) in [6.45, 7) is -0.723. The zero-order chi connectivity index (χ0) is 10.2. The Labute approximate surface area is 78.9 Å². The Bertz CT molecular complexity index is 450. The molecule has 2 aromatic rings. The number of fused-ring (bicyclic) bond motifs is 1. The minimum Gasteiger partial charge on any atom is -0.325 e. The molecule has 0 fully saturated rings. The van der Waals surface area contributed by atoms with Gasteiger partial charge >= 0.3 is 5.92 Å². The molecule has 0 aliphatic carbocycles. The number of aromatic nitrogens is 2. The highest BCUT2D eigenvalue weighted by atomic mass is 19.3. The van der Waals surface area contributed by atoms with Crippen LogP contribution < -0.4 is 5.73 Å². The molecule has 0 bridgehead atoms. The lowest BCUT2D eigenvalue weighted by atomic mass is 10.1. The molecule has 5 heteroatoms. The summed E-state index contributed by atoms with van der Waals surface area (Å²) in [5.74, 6) is -3.05. The van der Waals surface area contributed by atoms with Gasteiger partial charge in [-0.15, -0.1) is 0 Å². The molecule has 14 heavy (non-hydrogen) atoms. The molecule has 0 amide bonds. The second-order valence-electron chi connectivity index (χ2n) is 3.02. The van der Waals surface area contributed by atoms with E-state index in [2.05, 4.69) is 10.2 Å². The van der Waals surface area contributed by atoms with E-state index in [1.165, 1.54) is 0 Å². The lowest BCUT2D eigenvalue weighted by Gasteiger charge is -2.11. The summed E-state index contributed by atoms with van der Waals surface area (Å²) in [5, 5.41) is 6.52. The quantitative estimate of drug-likeness (QED) is 0.768. The van der Waals surface area contributed by atoms with E-state index in [1.54, 1.807) is 24.3 Å². The highest BCUT2D eigenvalue weighted by Gasteiger charge is 2.33. The summed E-state index contributed by atoms with van der Waals surface area (Å²) in [6.07, 6.45) is 0. The summed E-state index contributed by atoms with van der Waals surface area (Å²) < 4.78 is 26.5. The van der Waals surface area contributed by atoms with Gasteiger partial charge in [-0.3, -0.25) is 5.10 Å². The monoisotopic (exact) mass is 197 g/mol. The van der Waals surface area contributed by atoms with Gasteiger partial charge in [0.1, 0.15) is 5.69 Å². The molecule has 0 saturated heterocycles. The van der Waals surface area contributed by atoms with Crippen molar-refractivity contribution in [3.8, 4) is 0 Å². The Morgan fingerprint density at radius 1 is 1.36 bits per heavy atom. The fraction of sp³-hybridized carbons (Fsp3) is 0.222. The van der Waals surface area contributed by atoms with Crippen molar-refractivity contribution in [1.82, 2.24) is 10.2 Å². The first-order valence-corrected chi connectivity index (χ1v) is 4.16. The van der Waals surface area contributed by atoms with Crippen LogP contribution in [0.4, 0.5) is 8.78 Å². The second-order valence-corrected chi connectivity index (χ2v) is 3.02. The van der Waals surface area contributed by atoms with E-state index >= 15 is 0 Å². The number of hydrogen-bond donors (Lipinski definition) is 2. The molecule has 3 N–H and O–H groups in total. The maximum Gasteiger partial charge on any atom is 0.301 e. The first kappa shape index (κ1) is 9.08. The Kier molecular flexibility index (Phi) is 1.96.